The molecule has 2 aliphatic heterocycles. The fraction of sp³-hybridized carbons (Fsp3) is 0.273. The van der Waals surface area contributed by atoms with Crippen LogP contribution in [0.1, 0.15) is 24.1 Å². The molecule has 0 spiro atoms. The van der Waals surface area contributed by atoms with E-state index < -0.39 is 18.0 Å². The normalized spacial score (nSPS) is 18.2. The minimum absolute atomic E-state index is 0.215. The summed E-state index contributed by atoms with van der Waals surface area (Å²) in [6, 6.07) is 12.7. The smallest absolute Gasteiger partial charge is 0.338 e. The van der Waals surface area contributed by atoms with Crippen molar-refractivity contribution in [3.05, 3.63) is 76.7 Å². The van der Waals surface area contributed by atoms with E-state index in [4.69, 9.17) is 4.74 Å². The standard InChI is InChI=1S/C22H22FN3O3/c1-2-29-21(27)19-17(13-26-12-11-14-5-3-4-6-18(14)26)24-22(28)25-20(19)15-7-9-16(23)10-8-15/h3-10,20H,2,11-13H2,1H3,(H2,24,25,28). The van der Waals surface area contributed by atoms with Crippen molar-refractivity contribution in [1.82, 2.24) is 10.6 Å². The predicted octanol–water partition coefficient (Wildman–Crippen LogP) is 3.06. The number of para-hydroxylation sites is 1. The first-order chi connectivity index (χ1) is 14.1. The van der Waals surface area contributed by atoms with Crippen molar-refractivity contribution in [1.29, 1.82) is 0 Å². The van der Waals surface area contributed by atoms with Gasteiger partial charge in [0.2, 0.25) is 0 Å². The van der Waals surface area contributed by atoms with Crippen LogP contribution in [0.25, 0.3) is 0 Å². The van der Waals surface area contributed by atoms with Crippen LogP contribution in [0, 0.1) is 5.82 Å². The summed E-state index contributed by atoms with van der Waals surface area (Å²) in [4.78, 5) is 27.3. The average molecular weight is 395 g/mol. The van der Waals surface area contributed by atoms with E-state index in [1.165, 1.54) is 17.7 Å². The van der Waals surface area contributed by atoms with E-state index in [-0.39, 0.29) is 12.4 Å². The number of anilines is 1. The monoisotopic (exact) mass is 395 g/mol. The number of amides is 2. The number of rotatable bonds is 5. The number of halogens is 1. The number of urea groups is 1. The number of nitrogens with one attached hydrogen (secondary N) is 2. The molecule has 0 bridgehead atoms. The van der Waals surface area contributed by atoms with Crippen LogP contribution < -0.4 is 15.5 Å². The lowest BCUT2D eigenvalue weighted by molar-refractivity contribution is -0.139. The zero-order valence-corrected chi connectivity index (χ0v) is 16.1. The molecule has 1 atom stereocenters. The Morgan fingerprint density at radius 1 is 1.21 bits per heavy atom. The minimum Gasteiger partial charge on any atom is -0.463 e. The fourth-order valence-corrected chi connectivity index (χ4v) is 3.86. The highest BCUT2D eigenvalue weighted by molar-refractivity contribution is 5.95. The predicted molar refractivity (Wildman–Crippen MR) is 107 cm³/mol. The third kappa shape index (κ3) is 3.81. The molecule has 2 aromatic rings. The second-order valence-electron chi connectivity index (χ2n) is 7.00. The number of fused-ring (bicyclic) bond motifs is 1. The number of nitrogens with zero attached hydrogens (tertiary/aromatic N) is 1. The molecule has 2 aliphatic rings. The van der Waals surface area contributed by atoms with Gasteiger partial charge in [-0.05, 0) is 42.7 Å². The third-order valence-corrected chi connectivity index (χ3v) is 5.18. The van der Waals surface area contributed by atoms with Crippen LogP contribution in [0.5, 0.6) is 0 Å². The first kappa shape index (κ1) is 19.0. The lowest BCUT2D eigenvalue weighted by Crippen LogP contribution is -2.48. The molecule has 0 aromatic heterocycles. The minimum atomic E-state index is -0.712. The number of hydrogen-bond acceptors (Lipinski definition) is 4. The van der Waals surface area contributed by atoms with E-state index in [0.717, 1.165) is 18.7 Å². The van der Waals surface area contributed by atoms with E-state index >= 15 is 0 Å². The van der Waals surface area contributed by atoms with Gasteiger partial charge in [-0.25, -0.2) is 14.0 Å². The summed E-state index contributed by atoms with van der Waals surface area (Å²) in [6.45, 7) is 3.11. The van der Waals surface area contributed by atoms with Gasteiger partial charge in [0.25, 0.3) is 0 Å². The van der Waals surface area contributed by atoms with Crippen LogP contribution in [0.4, 0.5) is 14.9 Å². The number of carbonyl (C=O) groups excluding carboxylic acids is 2. The molecule has 29 heavy (non-hydrogen) atoms. The fourth-order valence-electron chi connectivity index (χ4n) is 3.86. The molecular formula is C22H22FN3O3. The summed E-state index contributed by atoms with van der Waals surface area (Å²) >= 11 is 0. The Hall–Kier alpha value is -3.35. The molecule has 0 radical (unpaired) electrons. The Bertz CT molecular complexity index is 972. The molecule has 2 N–H and O–H groups in total. The topological polar surface area (TPSA) is 70.7 Å². The molecule has 0 fully saturated rings. The summed E-state index contributed by atoms with van der Waals surface area (Å²) in [7, 11) is 0. The van der Waals surface area contributed by atoms with Crippen molar-refractivity contribution in [3.8, 4) is 0 Å². The number of ether oxygens (including phenoxy) is 1. The van der Waals surface area contributed by atoms with Gasteiger partial charge in [0.15, 0.2) is 0 Å². The maximum absolute atomic E-state index is 13.4. The Kier molecular flexibility index (Phi) is 5.20. The first-order valence-corrected chi connectivity index (χ1v) is 9.63. The molecule has 2 aromatic carbocycles. The highest BCUT2D eigenvalue weighted by Crippen LogP contribution is 2.32. The Labute approximate surface area is 168 Å². The Morgan fingerprint density at radius 2 is 1.97 bits per heavy atom. The van der Waals surface area contributed by atoms with Crippen LogP contribution in [0.15, 0.2) is 59.8 Å². The molecular weight excluding hydrogens is 373 g/mol. The van der Waals surface area contributed by atoms with Gasteiger partial charge in [-0.3, -0.25) is 0 Å². The van der Waals surface area contributed by atoms with E-state index in [0.29, 0.717) is 23.4 Å². The van der Waals surface area contributed by atoms with Gasteiger partial charge in [-0.15, -0.1) is 0 Å². The zero-order chi connectivity index (χ0) is 20.4. The molecule has 150 valence electrons. The summed E-state index contributed by atoms with van der Waals surface area (Å²) < 4.78 is 18.7. The third-order valence-electron chi connectivity index (χ3n) is 5.18. The van der Waals surface area contributed by atoms with Gasteiger partial charge in [0.1, 0.15) is 5.82 Å². The molecule has 4 rings (SSSR count). The summed E-state index contributed by atoms with van der Waals surface area (Å²) in [5.74, 6) is -0.888. The highest BCUT2D eigenvalue weighted by Gasteiger charge is 2.35. The Balaban J connectivity index is 1.73. The zero-order valence-electron chi connectivity index (χ0n) is 16.1. The second kappa shape index (κ2) is 7.95. The Morgan fingerprint density at radius 3 is 2.72 bits per heavy atom. The molecule has 7 heteroatoms. The summed E-state index contributed by atoms with van der Waals surface area (Å²) in [5, 5.41) is 5.55. The van der Waals surface area contributed by atoms with Gasteiger partial charge in [-0.1, -0.05) is 30.3 Å². The van der Waals surface area contributed by atoms with Crippen LogP contribution in [-0.4, -0.2) is 31.7 Å². The van der Waals surface area contributed by atoms with Crippen molar-refractivity contribution < 1.29 is 18.7 Å². The van der Waals surface area contributed by atoms with Gasteiger partial charge in [-0.2, -0.15) is 0 Å². The van der Waals surface area contributed by atoms with E-state index in [2.05, 4.69) is 21.6 Å². The summed E-state index contributed by atoms with van der Waals surface area (Å²) in [5.41, 5.74) is 3.78. The van der Waals surface area contributed by atoms with Gasteiger partial charge < -0.3 is 20.3 Å². The second-order valence-corrected chi connectivity index (χ2v) is 7.00. The van der Waals surface area contributed by atoms with E-state index in [1.807, 2.05) is 18.2 Å². The maximum atomic E-state index is 13.4. The summed E-state index contributed by atoms with van der Waals surface area (Å²) in [6.07, 6.45) is 0.909. The van der Waals surface area contributed by atoms with E-state index in [1.54, 1.807) is 19.1 Å². The highest BCUT2D eigenvalue weighted by atomic mass is 19.1. The number of hydrogen-bond donors (Lipinski definition) is 2. The molecule has 6 nitrogen and oxygen atoms in total. The van der Waals surface area contributed by atoms with Gasteiger partial charge >= 0.3 is 12.0 Å². The van der Waals surface area contributed by atoms with Crippen molar-refractivity contribution in [2.24, 2.45) is 0 Å². The van der Waals surface area contributed by atoms with Crippen LogP contribution in [0.3, 0.4) is 0 Å². The number of esters is 1. The molecule has 2 amide bonds. The van der Waals surface area contributed by atoms with Crippen molar-refractivity contribution in [2.45, 2.75) is 19.4 Å². The first-order valence-electron chi connectivity index (χ1n) is 9.63. The van der Waals surface area contributed by atoms with Crippen LogP contribution in [0.2, 0.25) is 0 Å². The van der Waals surface area contributed by atoms with Crippen LogP contribution >= 0.6 is 0 Å². The maximum Gasteiger partial charge on any atom is 0.338 e. The van der Waals surface area contributed by atoms with Gasteiger partial charge in [0, 0.05) is 12.2 Å². The lowest BCUT2D eigenvalue weighted by Gasteiger charge is -2.31. The number of benzene rings is 2. The molecule has 1 unspecified atom stereocenters. The molecule has 0 aliphatic carbocycles. The quantitative estimate of drug-likeness (QED) is 0.764. The van der Waals surface area contributed by atoms with Gasteiger partial charge in [0.05, 0.1) is 30.5 Å². The SMILES string of the molecule is CCOC(=O)C1=C(CN2CCc3ccccc32)NC(=O)NC1c1ccc(F)cc1. The average Bonchev–Trinajstić information content (AvgIpc) is 3.11. The van der Waals surface area contributed by atoms with Crippen molar-refractivity contribution in [3.63, 3.8) is 0 Å². The van der Waals surface area contributed by atoms with Crippen LogP contribution in [-0.2, 0) is 16.0 Å². The number of carbonyl (C=O) groups is 2. The molecule has 0 saturated carbocycles. The lowest BCUT2D eigenvalue weighted by atomic mass is 9.95. The molecule has 2 heterocycles. The van der Waals surface area contributed by atoms with Crippen molar-refractivity contribution in [2.75, 3.05) is 24.6 Å². The molecule has 0 saturated heterocycles. The largest absolute Gasteiger partial charge is 0.463 e. The van der Waals surface area contributed by atoms with Crippen molar-refractivity contribution >= 4 is 17.7 Å². The van der Waals surface area contributed by atoms with E-state index in [9.17, 15) is 14.0 Å².